The Bertz CT molecular complexity index is 1100. The lowest BCUT2D eigenvalue weighted by Crippen LogP contribution is -2.34. The molecule has 0 unspecified atom stereocenters. The topological polar surface area (TPSA) is 111 Å². The van der Waals surface area contributed by atoms with Crippen molar-refractivity contribution in [2.75, 3.05) is 11.9 Å². The average Bonchev–Trinajstić information content (AvgIpc) is 3.39. The number of rotatable bonds is 7. The number of hydrogen-bond acceptors (Lipinski definition) is 7. The molecule has 0 atom stereocenters. The summed E-state index contributed by atoms with van der Waals surface area (Å²) in [6.07, 6.45) is 3.70. The lowest BCUT2D eigenvalue weighted by molar-refractivity contribution is -0.383. The average molecular weight is 439 g/mol. The number of carbonyl (C=O) groups excluding carboxylic acids is 2. The van der Waals surface area contributed by atoms with Gasteiger partial charge in [-0.3, -0.25) is 19.7 Å². The lowest BCUT2D eigenvalue weighted by atomic mass is 9.83. The molecule has 8 nitrogen and oxygen atoms in total. The fourth-order valence-corrected chi connectivity index (χ4v) is 5.11. The van der Waals surface area contributed by atoms with Crippen molar-refractivity contribution in [1.29, 1.82) is 0 Å². The second kappa shape index (κ2) is 8.81. The van der Waals surface area contributed by atoms with Crippen LogP contribution in [0.15, 0.2) is 48.5 Å². The van der Waals surface area contributed by atoms with Gasteiger partial charge in [0.1, 0.15) is 5.69 Å². The summed E-state index contributed by atoms with van der Waals surface area (Å²) in [6, 6.07) is 13.7. The summed E-state index contributed by atoms with van der Waals surface area (Å²) in [7, 11) is 0. The van der Waals surface area contributed by atoms with Crippen molar-refractivity contribution in [2.24, 2.45) is 5.41 Å². The Morgan fingerprint density at radius 1 is 1.13 bits per heavy atom. The van der Waals surface area contributed by atoms with E-state index < -0.39 is 28.8 Å². The Hall–Kier alpha value is -3.33. The lowest BCUT2D eigenvalue weighted by Gasteiger charge is -2.25. The number of esters is 1. The zero-order valence-electron chi connectivity index (χ0n) is 16.7. The van der Waals surface area contributed by atoms with Gasteiger partial charge in [-0.15, -0.1) is 11.3 Å². The van der Waals surface area contributed by atoms with Gasteiger partial charge in [0.05, 0.1) is 25.6 Å². The molecule has 160 valence electrons. The van der Waals surface area contributed by atoms with Crippen LogP contribution in [0.5, 0.6) is 0 Å². The third-order valence-corrected chi connectivity index (χ3v) is 6.57. The van der Waals surface area contributed by atoms with E-state index in [0.717, 1.165) is 28.1 Å². The zero-order chi connectivity index (χ0) is 21.8. The zero-order valence-corrected chi connectivity index (χ0v) is 17.5. The van der Waals surface area contributed by atoms with Gasteiger partial charge in [-0.1, -0.05) is 37.1 Å². The summed E-state index contributed by atoms with van der Waals surface area (Å²) < 4.78 is 6.44. The van der Waals surface area contributed by atoms with Crippen molar-refractivity contribution in [3.05, 3.63) is 63.7 Å². The van der Waals surface area contributed by atoms with E-state index in [-0.39, 0.29) is 11.4 Å². The standard InChI is InChI=1S/C22H21N3O5S/c26-19(23-15-7-1-3-9-17(15)25(28)29)14-30-21(27)22(11-5-6-12-22)13-20-24-16-8-2-4-10-18(16)31-20/h1-4,7-10H,5-6,11-14H2,(H,23,26). The van der Waals surface area contributed by atoms with Gasteiger partial charge >= 0.3 is 5.97 Å². The summed E-state index contributed by atoms with van der Waals surface area (Å²) in [4.78, 5) is 40.4. The number of fused-ring (bicyclic) bond motifs is 1. The molecule has 31 heavy (non-hydrogen) atoms. The van der Waals surface area contributed by atoms with E-state index in [1.54, 1.807) is 17.4 Å². The molecule has 0 aliphatic heterocycles. The van der Waals surface area contributed by atoms with Crippen LogP contribution in [0.4, 0.5) is 11.4 Å². The number of nitrogens with one attached hydrogen (secondary N) is 1. The van der Waals surface area contributed by atoms with E-state index in [0.29, 0.717) is 19.3 Å². The van der Waals surface area contributed by atoms with E-state index in [1.807, 2.05) is 24.3 Å². The van der Waals surface area contributed by atoms with Gasteiger partial charge < -0.3 is 10.1 Å². The smallest absolute Gasteiger partial charge is 0.313 e. The molecule has 1 saturated carbocycles. The first-order valence-electron chi connectivity index (χ1n) is 10.0. The third-order valence-electron chi connectivity index (χ3n) is 5.53. The molecule has 1 aromatic heterocycles. The van der Waals surface area contributed by atoms with Crippen LogP contribution in [0.3, 0.4) is 0 Å². The fourth-order valence-electron chi connectivity index (χ4n) is 4.00. The summed E-state index contributed by atoms with van der Waals surface area (Å²) in [6.45, 7) is -0.494. The van der Waals surface area contributed by atoms with E-state index in [9.17, 15) is 19.7 Å². The molecule has 1 fully saturated rings. The Balaban J connectivity index is 1.42. The Morgan fingerprint density at radius 2 is 1.84 bits per heavy atom. The number of aromatic nitrogens is 1. The summed E-state index contributed by atoms with van der Waals surface area (Å²) in [5.74, 6) is -1.03. The minimum absolute atomic E-state index is 0.0682. The van der Waals surface area contributed by atoms with Crippen LogP contribution in [0.2, 0.25) is 0 Å². The van der Waals surface area contributed by atoms with Gasteiger partial charge in [-0.25, -0.2) is 4.98 Å². The van der Waals surface area contributed by atoms with Crippen molar-refractivity contribution in [2.45, 2.75) is 32.1 Å². The minimum atomic E-state index is -0.688. The predicted molar refractivity (Wildman–Crippen MR) is 117 cm³/mol. The number of hydrogen-bond donors (Lipinski definition) is 1. The predicted octanol–water partition coefficient (Wildman–Crippen LogP) is 4.49. The van der Waals surface area contributed by atoms with Gasteiger partial charge in [0, 0.05) is 12.5 Å². The van der Waals surface area contributed by atoms with Gasteiger partial charge in [0.25, 0.3) is 11.6 Å². The second-order valence-electron chi connectivity index (χ2n) is 7.64. The van der Waals surface area contributed by atoms with Crippen molar-refractivity contribution in [3.63, 3.8) is 0 Å². The summed E-state index contributed by atoms with van der Waals surface area (Å²) in [5, 5.41) is 14.4. The molecule has 0 bridgehead atoms. The Morgan fingerprint density at radius 3 is 2.58 bits per heavy atom. The van der Waals surface area contributed by atoms with Crippen molar-refractivity contribution < 1.29 is 19.2 Å². The van der Waals surface area contributed by atoms with E-state index in [1.165, 1.54) is 18.2 Å². The quantitative estimate of drug-likeness (QED) is 0.330. The first kappa shape index (κ1) is 20.9. The van der Waals surface area contributed by atoms with Crippen LogP contribution in [-0.4, -0.2) is 28.4 Å². The monoisotopic (exact) mass is 439 g/mol. The molecule has 1 aliphatic rings. The van der Waals surface area contributed by atoms with Crippen molar-refractivity contribution >= 4 is 44.8 Å². The number of amides is 1. The van der Waals surface area contributed by atoms with Gasteiger partial charge in [0.2, 0.25) is 0 Å². The van der Waals surface area contributed by atoms with E-state index in [4.69, 9.17) is 4.74 Å². The third kappa shape index (κ3) is 4.56. The molecule has 0 saturated heterocycles. The Kier molecular flexibility index (Phi) is 5.94. The molecule has 0 radical (unpaired) electrons. The maximum atomic E-state index is 13.0. The van der Waals surface area contributed by atoms with Gasteiger partial charge in [-0.2, -0.15) is 0 Å². The number of ether oxygens (including phenoxy) is 1. The normalized spacial score (nSPS) is 15.0. The van der Waals surface area contributed by atoms with E-state index in [2.05, 4.69) is 10.3 Å². The number of para-hydroxylation sites is 3. The first-order valence-corrected chi connectivity index (χ1v) is 10.8. The maximum Gasteiger partial charge on any atom is 0.313 e. The highest BCUT2D eigenvalue weighted by molar-refractivity contribution is 7.18. The molecule has 1 heterocycles. The summed E-state index contributed by atoms with van der Waals surface area (Å²) >= 11 is 1.57. The van der Waals surface area contributed by atoms with Crippen LogP contribution < -0.4 is 5.32 Å². The van der Waals surface area contributed by atoms with Gasteiger partial charge in [0.15, 0.2) is 6.61 Å². The number of carbonyl (C=O) groups is 2. The molecule has 1 N–H and O–H groups in total. The van der Waals surface area contributed by atoms with Crippen LogP contribution in [0.1, 0.15) is 30.7 Å². The molecule has 1 aliphatic carbocycles. The minimum Gasteiger partial charge on any atom is -0.455 e. The molecular formula is C22H21N3O5S. The van der Waals surface area contributed by atoms with Crippen LogP contribution in [0, 0.1) is 15.5 Å². The maximum absolute atomic E-state index is 13.0. The van der Waals surface area contributed by atoms with Gasteiger partial charge in [-0.05, 0) is 31.0 Å². The largest absolute Gasteiger partial charge is 0.455 e. The van der Waals surface area contributed by atoms with Crippen LogP contribution in [-0.2, 0) is 20.7 Å². The molecule has 0 spiro atoms. The number of anilines is 1. The first-order chi connectivity index (χ1) is 15.0. The van der Waals surface area contributed by atoms with Crippen molar-refractivity contribution in [3.8, 4) is 0 Å². The van der Waals surface area contributed by atoms with E-state index >= 15 is 0 Å². The summed E-state index contributed by atoms with van der Waals surface area (Å²) in [5.41, 5.74) is 0.0733. The SMILES string of the molecule is O=C(COC(=O)C1(Cc2nc3ccccc3s2)CCCC1)Nc1ccccc1[N+](=O)[O-]. The number of nitrogens with zero attached hydrogens (tertiary/aromatic N) is 2. The highest BCUT2D eigenvalue weighted by atomic mass is 32.1. The molecular weight excluding hydrogens is 418 g/mol. The highest BCUT2D eigenvalue weighted by Crippen LogP contribution is 2.43. The number of nitro benzene ring substituents is 1. The van der Waals surface area contributed by atoms with Crippen molar-refractivity contribution in [1.82, 2.24) is 4.98 Å². The fraction of sp³-hybridized carbons (Fsp3) is 0.318. The second-order valence-corrected chi connectivity index (χ2v) is 8.75. The van der Waals surface area contributed by atoms with Crippen LogP contribution >= 0.6 is 11.3 Å². The molecule has 2 aromatic carbocycles. The molecule has 1 amide bonds. The number of nitro groups is 1. The number of benzene rings is 2. The van der Waals surface area contributed by atoms with Crippen LogP contribution in [0.25, 0.3) is 10.2 Å². The highest BCUT2D eigenvalue weighted by Gasteiger charge is 2.43. The molecule has 9 heteroatoms. The molecule has 3 aromatic rings. The molecule has 4 rings (SSSR count). The number of thiazole rings is 1. The Labute approximate surface area is 182 Å².